The fraction of sp³-hybridized carbons (Fsp3) is 0.500. The summed E-state index contributed by atoms with van der Waals surface area (Å²) >= 11 is 0. The average molecular weight is 256 g/mol. The minimum atomic E-state index is -3.55. The highest BCUT2D eigenvalue weighted by atomic mass is 32.2. The molecule has 0 spiro atoms. The van der Waals surface area contributed by atoms with Gasteiger partial charge in [-0.3, -0.25) is 0 Å². The Labute approximate surface area is 103 Å². The van der Waals surface area contributed by atoms with Crippen molar-refractivity contribution in [2.45, 2.75) is 44.0 Å². The van der Waals surface area contributed by atoms with Crippen LogP contribution in [0.3, 0.4) is 0 Å². The fourth-order valence-electron chi connectivity index (χ4n) is 1.82. The van der Waals surface area contributed by atoms with E-state index >= 15 is 0 Å². The number of nitrogens with one attached hydrogen (secondary N) is 1. The fourth-order valence-corrected chi connectivity index (χ4v) is 3.40. The molecular formula is C12H20N2O2S. The highest BCUT2D eigenvalue weighted by Crippen LogP contribution is 2.21. The summed E-state index contributed by atoms with van der Waals surface area (Å²) in [7, 11) is -3.55. The largest absolute Gasteiger partial charge is 0.398 e. The van der Waals surface area contributed by atoms with Gasteiger partial charge in [0.2, 0.25) is 10.0 Å². The van der Waals surface area contributed by atoms with Gasteiger partial charge in [0.25, 0.3) is 0 Å². The van der Waals surface area contributed by atoms with E-state index in [0.717, 1.165) is 12.8 Å². The number of benzene rings is 1. The molecule has 0 unspecified atom stereocenters. The molecule has 0 heterocycles. The number of anilines is 1. The highest BCUT2D eigenvalue weighted by Gasteiger charge is 2.26. The van der Waals surface area contributed by atoms with E-state index in [1.165, 1.54) is 6.07 Å². The Morgan fingerprint density at radius 2 is 1.88 bits per heavy atom. The molecule has 5 heteroatoms. The molecule has 96 valence electrons. The van der Waals surface area contributed by atoms with Gasteiger partial charge in [-0.1, -0.05) is 25.5 Å². The van der Waals surface area contributed by atoms with E-state index in [9.17, 15) is 8.42 Å². The summed E-state index contributed by atoms with van der Waals surface area (Å²) in [4.78, 5) is 0.143. The zero-order valence-corrected chi connectivity index (χ0v) is 11.3. The van der Waals surface area contributed by atoms with Crippen LogP contribution < -0.4 is 10.5 Å². The van der Waals surface area contributed by atoms with Gasteiger partial charge in [-0.2, -0.15) is 0 Å². The number of nitrogens with two attached hydrogens (primary N) is 1. The summed E-state index contributed by atoms with van der Waals surface area (Å²) in [5.41, 5.74) is 5.49. The molecule has 0 amide bonds. The first kappa shape index (κ1) is 14.0. The molecular weight excluding hydrogens is 236 g/mol. The minimum absolute atomic E-state index is 0.143. The first-order chi connectivity index (χ1) is 7.78. The minimum Gasteiger partial charge on any atom is -0.398 e. The summed E-state index contributed by atoms with van der Waals surface area (Å²) in [5.74, 6) is 0. The van der Waals surface area contributed by atoms with Crippen molar-refractivity contribution in [3.05, 3.63) is 24.3 Å². The van der Waals surface area contributed by atoms with Crippen molar-refractivity contribution in [2.75, 3.05) is 5.73 Å². The number of rotatable bonds is 5. The molecule has 0 aromatic heterocycles. The van der Waals surface area contributed by atoms with Crippen LogP contribution in [0.25, 0.3) is 0 Å². The van der Waals surface area contributed by atoms with Gasteiger partial charge in [-0.15, -0.1) is 0 Å². The van der Waals surface area contributed by atoms with Crippen LogP contribution >= 0.6 is 0 Å². The molecule has 0 radical (unpaired) electrons. The zero-order valence-electron chi connectivity index (χ0n) is 10.5. The molecule has 0 fully saturated rings. The summed E-state index contributed by atoms with van der Waals surface area (Å²) in [6, 6.07) is 6.48. The molecule has 0 saturated carbocycles. The van der Waals surface area contributed by atoms with Crippen LogP contribution in [0.5, 0.6) is 0 Å². The molecule has 1 rings (SSSR count). The van der Waals surface area contributed by atoms with E-state index < -0.39 is 15.6 Å². The molecule has 0 saturated heterocycles. The van der Waals surface area contributed by atoms with Crippen LogP contribution in [-0.2, 0) is 10.0 Å². The molecule has 17 heavy (non-hydrogen) atoms. The summed E-state index contributed by atoms with van der Waals surface area (Å²) in [6.45, 7) is 5.76. The second kappa shape index (κ2) is 5.06. The Bertz CT molecular complexity index is 481. The van der Waals surface area contributed by atoms with Gasteiger partial charge in [0.15, 0.2) is 0 Å². The first-order valence-electron chi connectivity index (χ1n) is 5.67. The van der Waals surface area contributed by atoms with Crippen LogP contribution in [0.15, 0.2) is 29.2 Å². The monoisotopic (exact) mass is 256 g/mol. The zero-order chi connectivity index (χ0) is 13.1. The van der Waals surface area contributed by atoms with Crippen molar-refractivity contribution < 1.29 is 8.42 Å². The van der Waals surface area contributed by atoms with Crippen molar-refractivity contribution in [1.29, 1.82) is 0 Å². The SMILES string of the molecule is CCCC(C)(C)NS(=O)(=O)c1ccccc1N. The van der Waals surface area contributed by atoms with Gasteiger partial charge >= 0.3 is 0 Å². The maximum absolute atomic E-state index is 12.2. The van der Waals surface area contributed by atoms with Crippen LogP contribution in [0.2, 0.25) is 0 Å². The van der Waals surface area contributed by atoms with Crippen LogP contribution in [-0.4, -0.2) is 14.0 Å². The summed E-state index contributed by atoms with van der Waals surface area (Å²) in [5, 5.41) is 0. The van der Waals surface area contributed by atoms with Crippen molar-refractivity contribution in [3.63, 3.8) is 0 Å². The average Bonchev–Trinajstić information content (AvgIpc) is 2.15. The van der Waals surface area contributed by atoms with Crippen molar-refractivity contribution >= 4 is 15.7 Å². The lowest BCUT2D eigenvalue weighted by atomic mass is 10.0. The highest BCUT2D eigenvalue weighted by molar-refractivity contribution is 7.89. The normalized spacial score (nSPS) is 12.6. The lowest BCUT2D eigenvalue weighted by molar-refractivity contribution is 0.418. The Hall–Kier alpha value is -1.07. The van der Waals surface area contributed by atoms with Gasteiger partial charge in [-0.25, -0.2) is 13.1 Å². The quantitative estimate of drug-likeness (QED) is 0.793. The Kier molecular flexibility index (Phi) is 4.16. The van der Waals surface area contributed by atoms with E-state index in [1.807, 2.05) is 20.8 Å². The molecule has 0 aliphatic rings. The molecule has 0 atom stereocenters. The number of para-hydroxylation sites is 1. The molecule has 0 aliphatic heterocycles. The maximum atomic E-state index is 12.2. The number of hydrogen-bond donors (Lipinski definition) is 2. The number of hydrogen-bond acceptors (Lipinski definition) is 3. The first-order valence-corrected chi connectivity index (χ1v) is 7.15. The van der Waals surface area contributed by atoms with Gasteiger partial charge in [0.1, 0.15) is 4.90 Å². The third kappa shape index (κ3) is 3.71. The standard InChI is InChI=1S/C12H20N2O2S/c1-4-9-12(2,3)14-17(15,16)11-8-6-5-7-10(11)13/h5-8,14H,4,9,13H2,1-3H3. The third-order valence-electron chi connectivity index (χ3n) is 2.49. The summed E-state index contributed by atoms with van der Waals surface area (Å²) in [6.07, 6.45) is 1.69. The number of sulfonamides is 1. The maximum Gasteiger partial charge on any atom is 0.243 e. The molecule has 3 N–H and O–H groups in total. The summed E-state index contributed by atoms with van der Waals surface area (Å²) < 4.78 is 27.0. The van der Waals surface area contributed by atoms with Gasteiger partial charge in [-0.05, 0) is 32.4 Å². The molecule has 0 bridgehead atoms. The lowest BCUT2D eigenvalue weighted by Crippen LogP contribution is -2.43. The van der Waals surface area contributed by atoms with E-state index in [0.29, 0.717) is 0 Å². The van der Waals surface area contributed by atoms with E-state index in [4.69, 9.17) is 5.73 Å². The van der Waals surface area contributed by atoms with Crippen LogP contribution in [0.4, 0.5) is 5.69 Å². The molecule has 1 aromatic carbocycles. The Morgan fingerprint density at radius 1 is 1.29 bits per heavy atom. The van der Waals surface area contributed by atoms with Crippen LogP contribution in [0, 0.1) is 0 Å². The van der Waals surface area contributed by atoms with Crippen molar-refractivity contribution in [2.24, 2.45) is 0 Å². The topological polar surface area (TPSA) is 72.2 Å². The molecule has 0 aliphatic carbocycles. The smallest absolute Gasteiger partial charge is 0.243 e. The lowest BCUT2D eigenvalue weighted by Gasteiger charge is -2.25. The second-order valence-corrected chi connectivity index (χ2v) is 6.43. The molecule has 4 nitrogen and oxygen atoms in total. The van der Waals surface area contributed by atoms with Crippen LogP contribution in [0.1, 0.15) is 33.6 Å². The van der Waals surface area contributed by atoms with E-state index in [1.54, 1.807) is 18.2 Å². The van der Waals surface area contributed by atoms with E-state index in [-0.39, 0.29) is 10.6 Å². The van der Waals surface area contributed by atoms with Crippen molar-refractivity contribution in [3.8, 4) is 0 Å². The molecule has 1 aromatic rings. The van der Waals surface area contributed by atoms with E-state index in [2.05, 4.69) is 4.72 Å². The predicted molar refractivity (Wildman–Crippen MR) is 70.2 cm³/mol. The predicted octanol–water partition coefficient (Wildman–Crippen LogP) is 2.13. The van der Waals surface area contributed by atoms with Gasteiger partial charge < -0.3 is 5.73 Å². The third-order valence-corrected chi connectivity index (χ3v) is 4.27. The number of nitrogen functional groups attached to an aromatic ring is 1. The Balaban J connectivity index is 3.02. The Morgan fingerprint density at radius 3 is 2.41 bits per heavy atom. The van der Waals surface area contributed by atoms with Gasteiger partial charge in [0.05, 0.1) is 5.69 Å². The van der Waals surface area contributed by atoms with Crippen molar-refractivity contribution in [1.82, 2.24) is 4.72 Å². The second-order valence-electron chi connectivity index (χ2n) is 4.78. The van der Waals surface area contributed by atoms with Gasteiger partial charge in [0, 0.05) is 5.54 Å².